The number of hydrogen-bond donors (Lipinski definition) is 3. The van der Waals surface area contributed by atoms with Crippen LogP contribution in [0, 0.1) is 0 Å². The van der Waals surface area contributed by atoms with Crippen LogP contribution in [0.15, 0.2) is 84.7 Å². The molecule has 0 aliphatic heterocycles. The summed E-state index contributed by atoms with van der Waals surface area (Å²) in [5.74, 6) is 0.589. The van der Waals surface area contributed by atoms with Crippen molar-refractivity contribution in [2.45, 2.75) is 46.4 Å². The Morgan fingerprint density at radius 3 is 2.46 bits per heavy atom. The number of hydrogen-bond acceptors (Lipinski definition) is 7. The number of rotatable bonds is 8. The second-order valence-electron chi connectivity index (χ2n) is 10.9. The van der Waals surface area contributed by atoms with Crippen molar-refractivity contribution in [1.29, 1.82) is 0 Å². The molecule has 0 aliphatic rings. The van der Waals surface area contributed by atoms with Crippen molar-refractivity contribution in [1.82, 2.24) is 30.2 Å². The number of aliphatic hydroxyl groups is 1. The van der Waals surface area contributed by atoms with Crippen LogP contribution in [0.4, 0.5) is 4.79 Å². The van der Waals surface area contributed by atoms with Gasteiger partial charge in [0.25, 0.3) is 0 Å². The van der Waals surface area contributed by atoms with Crippen LogP contribution >= 0.6 is 0 Å². The van der Waals surface area contributed by atoms with Gasteiger partial charge in [0.1, 0.15) is 5.60 Å². The van der Waals surface area contributed by atoms with Gasteiger partial charge in [0.2, 0.25) is 0 Å². The Labute approximate surface area is 238 Å². The van der Waals surface area contributed by atoms with E-state index in [4.69, 9.17) is 9.72 Å². The zero-order valence-corrected chi connectivity index (χ0v) is 23.7. The monoisotopic (exact) mass is 550 g/mol. The molecule has 0 radical (unpaired) electrons. The minimum Gasteiger partial charge on any atom is -0.444 e. The van der Waals surface area contributed by atoms with Crippen molar-refractivity contribution in [3.05, 3.63) is 96.1 Å². The number of carbonyl (C=O) groups excluding carboxylic acids is 1. The topological polar surface area (TPSA) is 114 Å². The zero-order valence-electron chi connectivity index (χ0n) is 23.7. The standard InChI is InChI=1S/C32H34N6O3/c1-21(20-39)17-33-18-22-10-12-24(13-11-22)29-25(23-8-6-5-7-9-23)16-26-27(35-29)14-15-38-28(36-37-30(26)38)19-34-31(40)41-32(2,3)4/h5-17,33,39H,18-20H2,1-4H3,(H,34,40)/b21-17+. The summed E-state index contributed by atoms with van der Waals surface area (Å²) in [5.41, 5.74) is 6.76. The smallest absolute Gasteiger partial charge is 0.408 e. The summed E-state index contributed by atoms with van der Waals surface area (Å²) in [6.07, 6.45) is 3.20. The predicted octanol–water partition coefficient (Wildman–Crippen LogP) is 5.62. The van der Waals surface area contributed by atoms with E-state index in [1.165, 1.54) is 0 Å². The van der Waals surface area contributed by atoms with Gasteiger partial charge in [-0.05, 0) is 62.7 Å². The molecule has 5 aromatic rings. The minimum atomic E-state index is -0.585. The lowest BCUT2D eigenvalue weighted by molar-refractivity contribution is 0.0522. The van der Waals surface area contributed by atoms with Gasteiger partial charge >= 0.3 is 6.09 Å². The Morgan fingerprint density at radius 1 is 1.00 bits per heavy atom. The lowest BCUT2D eigenvalue weighted by Crippen LogP contribution is -2.32. The molecule has 0 atom stereocenters. The van der Waals surface area contributed by atoms with E-state index < -0.39 is 11.7 Å². The third-order valence-electron chi connectivity index (χ3n) is 6.45. The fourth-order valence-corrected chi connectivity index (χ4v) is 4.46. The molecule has 0 unspecified atom stereocenters. The Bertz CT molecular complexity index is 1700. The molecule has 41 heavy (non-hydrogen) atoms. The Balaban J connectivity index is 1.50. The normalized spacial score (nSPS) is 12.1. The van der Waals surface area contributed by atoms with E-state index in [-0.39, 0.29) is 13.2 Å². The van der Waals surface area contributed by atoms with Crippen LogP contribution < -0.4 is 10.6 Å². The predicted molar refractivity (Wildman–Crippen MR) is 160 cm³/mol. The number of nitrogens with one attached hydrogen (secondary N) is 2. The summed E-state index contributed by atoms with van der Waals surface area (Å²) >= 11 is 0. The van der Waals surface area contributed by atoms with Crippen molar-refractivity contribution < 1.29 is 14.6 Å². The van der Waals surface area contributed by atoms with E-state index in [2.05, 4.69) is 63.3 Å². The SMILES string of the molecule is C/C(=C\NCc1ccc(-c2nc3ccn4c(CNC(=O)OC(C)(C)C)nnc4c3cc2-c2ccccc2)cc1)CO. The van der Waals surface area contributed by atoms with Crippen molar-refractivity contribution in [3.63, 3.8) is 0 Å². The van der Waals surface area contributed by atoms with Crippen LogP contribution in [0.25, 0.3) is 38.9 Å². The molecule has 1 amide bonds. The minimum absolute atomic E-state index is 0.0350. The number of aliphatic hydroxyl groups excluding tert-OH is 1. The van der Waals surface area contributed by atoms with Crippen LogP contribution in [-0.4, -0.2) is 43.0 Å². The Hall–Kier alpha value is -4.76. The number of ether oxygens (including phenoxy) is 1. The molecule has 2 aromatic carbocycles. The van der Waals surface area contributed by atoms with E-state index in [1.54, 1.807) is 0 Å². The fourth-order valence-electron chi connectivity index (χ4n) is 4.46. The largest absolute Gasteiger partial charge is 0.444 e. The second kappa shape index (κ2) is 11.8. The van der Waals surface area contributed by atoms with Gasteiger partial charge in [-0.1, -0.05) is 54.6 Å². The number of benzene rings is 2. The number of amides is 1. The molecule has 0 saturated carbocycles. The van der Waals surface area contributed by atoms with Gasteiger partial charge in [-0.15, -0.1) is 10.2 Å². The van der Waals surface area contributed by atoms with Gasteiger partial charge in [0, 0.05) is 29.3 Å². The third kappa shape index (κ3) is 6.53. The van der Waals surface area contributed by atoms with E-state index in [9.17, 15) is 9.90 Å². The van der Waals surface area contributed by atoms with Crippen molar-refractivity contribution in [3.8, 4) is 22.4 Å². The number of aromatic nitrogens is 4. The van der Waals surface area contributed by atoms with Gasteiger partial charge in [-0.25, -0.2) is 9.78 Å². The molecule has 0 saturated heterocycles. The number of nitrogens with zero attached hydrogens (tertiary/aromatic N) is 4. The van der Waals surface area contributed by atoms with Gasteiger partial charge in [0.15, 0.2) is 11.5 Å². The fraction of sp³-hybridized carbons (Fsp3) is 0.250. The number of alkyl carbamates (subject to hydrolysis) is 1. The molecule has 3 heterocycles. The molecule has 0 aliphatic carbocycles. The first kappa shape index (κ1) is 27.8. The van der Waals surface area contributed by atoms with Crippen LogP contribution in [-0.2, 0) is 17.8 Å². The van der Waals surface area contributed by atoms with E-state index in [0.717, 1.165) is 44.4 Å². The lowest BCUT2D eigenvalue weighted by atomic mass is 9.97. The molecule has 0 bridgehead atoms. The van der Waals surface area contributed by atoms with Crippen molar-refractivity contribution in [2.75, 3.05) is 6.61 Å². The maximum atomic E-state index is 12.2. The number of fused-ring (bicyclic) bond motifs is 3. The van der Waals surface area contributed by atoms with E-state index in [0.29, 0.717) is 18.0 Å². The van der Waals surface area contributed by atoms with Gasteiger partial charge in [0.05, 0.1) is 24.4 Å². The average molecular weight is 551 g/mol. The summed E-state index contributed by atoms with van der Waals surface area (Å²) in [4.78, 5) is 17.3. The lowest BCUT2D eigenvalue weighted by Gasteiger charge is -2.19. The van der Waals surface area contributed by atoms with Crippen LogP contribution in [0.2, 0.25) is 0 Å². The van der Waals surface area contributed by atoms with E-state index >= 15 is 0 Å². The maximum absolute atomic E-state index is 12.2. The highest BCUT2D eigenvalue weighted by Crippen LogP contribution is 2.34. The highest BCUT2D eigenvalue weighted by atomic mass is 16.6. The second-order valence-corrected chi connectivity index (χ2v) is 10.9. The van der Waals surface area contributed by atoms with E-state index in [1.807, 2.05) is 68.8 Å². The first-order valence-electron chi connectivity index (χ1n) is 13.5. The van der Waals surface area contributed by atoms with Gasteiger partial charge in [-0.3, -0.25) is 4.40 Å². The molecule has 3 N–H and O–H groups in total. The average Bonchev–Trinajstić information content (AvgIpc) is 3.39. The molecule has 210 valence electrons. The molecule has 9 heteroatoms. The van der Waals surface area contributed by atoms with Gasteiger partial charge in [-0.2, -0.15) is 0 Å². The Kier molecular flexibility index (Phi) is 7.98. The maximum Gasteiger partial charge on any atom is 0.408 e. The third-order valence-corrected chi connectivity index (χ3v) is 6.45. The summed E-state index contributed by atoms with van der Waals surface area (Å²) < 4.78 is 7.21. The van der Waals surface area contributed by atoms with Gasteiger partial charge < -0.3 is 20.5 Å². The number of pyridine rings is 2. The van der Waals surface area contributed by atoms with Crippen LogP contribution in [0.3, 0.4) is 0 Å². The van der Waals surface area contributed by atoms with Crippen molar-refractivity contribution in [2.24, 2.45) is 0 Å². The molecule has 3 aromatic heterocycles. The summed E-state index contributed by atoms with van der Waals surface area (Å²) in [7, 11) is 0. The summed E-state index contributed by atoms with van der Waals surface area (Å²) in [5, 5.41) is 24.8. The van der Waals surface area contributed by atoms with Crippen LogP contribution in [0.5, 0.6) is 0 Å². The quantitative estimate of drug-likeness (QED) is 0.230. The summed E-state index contributed by atoms with van der Waals surface area (Å²) in [6.45, 7) is 8.21. The first-order valence-corrected chi connectivity index (χ1v) is 13.5. The molecule has 0 spiro atoms. The Morgan fingerprint density at radius 2 is 1.76 bits per heavy atom. The molecule has 9 nitrogen and oxygen atoms in total. The number of carbonyl (C=O) groups is 1. The highest BCUT2D eigenvalue weighted by Gasteiger charge is 2.18. The molecule has 0 fully saturated rings. The molecular weight excluding hydrogens is 516 g/mol. The highest BCUT2D eigenvalue weighted by molar-refractivity contribution is 5.98. The van der Waals surface area contributed by atoms with Crippen molar-refractivity contribution >= 4 is 22.6 Å². The zero-order chi connectivity index (χ0) is 29.0. The van der Waals surface area contributed by atoms with Crippen LogP contribution in [0.1, 0.15) is 39.1 Å². The molecular formula is C32H34N6O3. The first-order chi connectivity index (χ1) is 19.7. The summed E-state index contributed by atoms with van der Waals surface area (Å²) in [6, 6.07) is 22.5. The molecule has 5 rings (SSSR count).